The third-order valence-electron chi connectivity index (χ3n) is 2.73. The van der Waals surface area contributed by atoms with Crippen molar-refractivity contribution >= 4 is 0 Å². The summed E-state index contributed by atoms with van der Waals surface area (Å²) in [6, 6.07) is 6.31. The Balaban J connectivity index is 2.40. The first-order valence-corrected chi connectivity index (χ1v) is 5.93. The van der Waals surface area contributed by atoms with Crippen molar-refractivity contribution in [1.82, 2.24) is 20.1 Å². The Hall–Kier alpha value is -1.68. The van der Waals surface area contributed by atoms with E-state index in [2.05, 4.69) is 35.3 Å². The summed E-state index contributed by atoms with van der Waals surface area (Å²) in [5.41, 5.74) is 2.16. The second-order valence-electron chi connectivity index (χ2n) is 4.10. The quantitative estimate of drug-likeness (QED) is 0.876. The molecule has 17 heavy (non-hydrogen) atoms. The monoisotopic (exact) mass is 230 g/mol. The van der Waals surface area contributed by atoms with Crippen LogP contribution in [-0.2, 0) is 0 Å². The Labute approximate surface area is 102 Å². The van der Waals surface area contributed by atoms with Gasteiger partial charge in [-0.25, -0.2) is 9.67 Å². The number of aryl methyl sites for hydroxylation is 1. The van der Waals surface area contributed by atoms with Gasteiger partial charge in [0.1, 0.15) is 0 Å². The van der Waals surface area contributed by atoms with Crippen molar-refractivity contribution in [3.63, 3.8) is 0 Å². The van der Waals surface area contributed by atoms with E-state index in [0.717, 1.165) is 23.6 Å². The summed E-state index contributed by atoms with van der Waals surface area (Å²) in [5.74, 6) is 0.897. The molecular weight excluding hydrogens is 212 g/mol. The molecule has 90 valence electrons. The fourth-order valence-corrected chi connectivity index (χ4v) is 1.89. The molecule has 0 fully saturated rings. The molecule has 1 N–H and O–H groups in total. The molecular formula is C13H18N4. The summed E-state index contributed by atoms with van der Waals surface area (Å²) in [7, 11) is 0. The molecule has 0 aliphatic heterocycles. The molecule has 1 unspecified atom stereocenters. The second-order valence-corrected chi connectivity index (χ2v) is 4.10. The van der Waals surface area contributed by atoms with Gasteiger partial charge >= 0.3 is 0 Å². The van der Waals surface area contributed by atoms with Crippen molar-refractivity contribution in [3.05, 3.63) is 41.9 Å². The molecule has 1 atom stereocenters. The standard InChI is InChI=1S/C13H18N4/c1-4-14-11(3)12-6-5-8-15-13(12)17-9-7-10(2)16-17/h5-9,11,14H,4H2,1-3H3. The highest BCUT2D eigenvalue weighted by Gasteiger charge is 2.12. The van der Waals surface area contributed by atoms with Crippen molar-refractivity contribution in [2.24, 2.45) is 0 Å². The summed E-state index contributed by atoms with van der Waals surface area (Å²) < 4.78 is 1.83. The average Bonchev–Trinajstić information content (AvgIpc) is 2.76. The third-order valence-corrected chi connectivity index (χ3v) is 2.73. The van der Waals surface area contributed by atoms with Crippen LogP contribution in [0.3, 0.4) is 0 Å². The molecule has 0 bridgehead atoms. The van der Waals surface area contributed by atoms with Gasteiger partial charge in [-0.2, -0.15) is 5.10 Å². The Morgan fingerprint density at radius 1 is 1.41 bits per heavy atom. The molecule has 0 aromatic carbocycles. The van der Waals surface area contributed by atoms with Crippen LogP contribution in [0.1, 0.15) is 31.1 Å². The summed E-state index contributed by atoms with van der Waals surface area (Å²) in [5, 5.41) is 7.81. The van der Waals surface area contributed by atoms with Crippen LogP contribution >= 0.6 is 0 Å². The summed E-state index contributed by atoms with van der Waals surface area (Å²) in [4.78, 5) is 4.43. The molecule has 0 radical (unpaired) electrons. The Bertz CT molecular complexity index is 490. The molecule has 2 aromatic heterocycles. The normalized spacial score (nSPS) is 12.6. The molecule has 2 heterocycles. The Morgan fingerprint density at radius 3 is 2.88 bits per heavy atom. The van der Waals surface area contributed by atoms with Crippen molar-refractivity contribution in [2.45, 2.75) is 26.8 Å². The summed E-state index contributed by atoms with van der Waals surface area (Å²) in [6.07, 6.45) is 3.74. The van der Waals surface area contributed by atoms with Crippen LogP contribution in [0.2, 0.25) is 0 Å². The van der Waals surface area contributed by atoms with E-state index >= 15 is 0 Å². The molecule has 0 spiro atoms. The van der Waals surface area contributed by atoms with Gasteiger partial charge in [0.05, 0.1) is 5.69 Å². The molecule has 0 saturated carbocycles. The number of nitrogens with zero attached hydrogens (tertiary/aromatic N) is 3. The highest BCUT2D eigenvalue weighted by atomic mass is 15.3. The molecule has 0 aliphatic rings. The van der Waals surface area contributed by atoms with Crippen LogP contribution in [0, 0.1) is 6.92 Å². The smallest absolute Gasteiger partial charge is 0.158 e. The van der Waals surface area contributed by atoms with E-state index in [9.17, 15) is 0 Å². The number of aromatic nitrogens is 3. The van der Waals surface area contributed by atoms with Gasteiger partial charge in [0.25, 0.3) is 0 Å². The van der Waals surface area contributed by atoms with Gasteiger partial charge in [-0.15, -0.1) is 0 Å². The van der Waals surface area contributed by atoms with E-state index in [4.69, 9.17) is 0 Å². The zero-order valence-electron chi connectivity index (χ0n) is 10.5. The maximum Gasteiger partial charge on any atom is 0.158 e. The van der Waals surface area contributed by atoms with Crippen molar-refractivity contribution in [2.75, 3.05) is 6.54 Å². The lowest BCUT2D eigenvalue weighted by Crippen LogP contribution is -2.20. The van der Waals surface area contributed by atoms with Crippen LogP contribution < -0.4 is 5.32 Å². The van der Waals surface area contributed by atoms with Gasteiger partial charge in [-0.05, 0) is 32.5 Å². The lowest BCUT2D eigenvalue weighted by Gasteiger charge is -2.15. The van der Waals surface area contributed by atoms with E-state index in [0.29, 0.717) is 0 Å². The van der Waals surface area contributed by atoms with Crippen LogP contribution in [-0.4, -0.2) is 21.3 Å². The van der Waals surface area contributed by atoms with E-state index in [1.54, 1.807) is 6.20 Å². The Morgan fingerprint density at radius 2 is 2.24 bits per heavy atom. The zero-order chi connectivity index (χ0) is 12.3. The van der Waals surface area contributed by atoms with Crippen molar-refractivity contribution < 1.29 is 0 Å². The van der Waals surface area contributed by atoms with E-state index in [1.807, 2.05) is 29.9 Å². The molecule has 4 nitrogen and oxygen atoms in total. The predicted octanol–water partition coefficient (Wildman–Crippen LogP) is 2.25. The lowest BCUT2D eigenvalue weighted by molar-refractivity contribution is 0.589. The Kier molecular flexibility index (Phi) is 3.54. The van der Waals surface area contributed by atoms with Crippen LogP contribution in [0.15, 0.2) is 30.6 Å². The molecule has 0 saturated heterocycles. The van der Waals surface area contributed by atoms with E-state index < -0.39 is 0 Å². The minimum Gasteiger partial charge on any atom is -0.310 e. The average molecular weight is 230 g/mol. The fraction of sp³-hybridized carbons (Fsp3) is 0.385. The third kappa shape index (κ3) is 2.53. The number of hydrogen-bond donors (Lipinski definition) is 1. The molecule has 0 amide bonds. The van der Waals surface area contributed by atoms with E-state index in [-0.39, 0.29) is 6.04 Å². The van der Waals surface area contributed by atoms with Crippen molar-refractivity contribution in [3.8, 4) is 5.82 Å². The van der Waals surface area contributed by atoms with Gasteiger partial charge < -0.3 is 5.32 Å². The van der Waals surface area contributed by atoms with E-state index in [1.165, 1.54) is 0 Å². The van der Waals surface area contributed by atoms with Gasteiger partial charge in [0.2, 0.25) is 0 Å². The summed E-state index contributed by atoms with van der Waals surface area (Å²) in [6.45, 7) is 7.16. The topological polar surface area (TPSA) is 42.7 Å². The molecule has 0 aliphatic carbocycles. The SMILES string of the molecule is CCNC(C)c1cccnc1-n1ccc(C)n1. The number of rotatable bonds is 4. The van der Waals surface area contributed by atoms with Gasteiger partial charge in [-0.3, -0.25) is 0 Å². The largest absolute Gasteiger partial charge is 0.310 e. The fourth-order valence-electron chi connectivity index (χ4n) is 1.89. The minimum atomic E-state index is 0.271. The molecule has 2 rings (SSSR count). The highest BCUT2D eigenvalue weighted by Crippen LogP contribution is 2.18. The molecule has 2 aromatic rings. The first-order chi connectivity index (χ1) is 8.22. The first kappa shape index (κ1) is 11.8. The van der Waals surface area contributed by atoms with Crippen LogP contribution in [0.25, 0.3) is 5.82 Å². The first-order valence-electron chi connectivity index (χ1n) is 5.93. The maximum absolute atomic E-state index is 4.43. The molecule has 4 heteroatoms. The summed E-state index contributed by atoms with van der Waals surface area (Å²) >= 11 is 0. The second kappa shape index (κ2) is 5.10. The van der Waals surface area contributed by atoms with Crippen LogP contribution in [0.5, 0.6) is 0 Å². The van der Waals surface area contributed by atoms with Crippen LogP contribution in [0.4, 0.5) is 0 Å². The van der Waals surface area contributed by atoms with Gasteiger partial charge in [0, 0.05) is 24.0 Å². The van der Waals surface area contributed by atoms with Gasteiger partial charge in [0.15, 0.2) is 5.82 Å². The minimum absolute atomic E-state index is 0.271. The highest BCUT2D eigenvalue weighted by molar-refractivity contribution is 5.35. The van der Waals surface area contributed by atoms with Gasteiger partial charge in [-0.1, -0.05) is 13.0 Å². The maximum atomic E-state index is 4.43. The van der Waals surface area contributed by atoms with Crippen molar-refractivity contribution in [1.29, 1.82) is 0 Å². The number of pyridine rings is 1. The predicted molar refractivity (Wildman–Crippen MR) is 68.2 cm³/mol. The number of nitrogens with one attached hydrogen (secondary N) is 1. The zero-order valence-corrected chi connectivity index (χ0v) is 10.5. The lowest BCUT2D eigenvalue weighted by atomic mass is 10.1. The number of hydrogen-bond acceptors (Lipinski definition) is 3.